The Morgan fingerprint density at radius 3 is 2.24 bits per heavy atom. The third-order valence-corrected chi connectivity index (χ3v) is 6.64. The van der Waals surface area contributed by atoms with Gasteiger partial charge in [-0.3, -0.25) is 0 Å². The van der Waals surface area contributed by atoms with Crippen molar-refractivity contribution in [3.05, 3.63) is 102 Å². The van der Waals surface area contributed by atoms with Crippen molar-refractivity contribution in [1.82, 2.24) is 4.90 Å². The van der Waals surface area contributed by atoms with Gasteiger partial charge in [0.15, 0.2) is 0 Å². The van der Waals surface area contributed by atoms with Crippen molar-refractivity contribution in [3.63, 3.8) is 0 Å². The van der Waals surface area contributed by atoms with Gasteiger partial charge in [0.05, 0.1) is 7.11 Å². The number of likely N-dealkylation sites (tertiary alicyclic amines) is 1. The molecule has 2 aromatic carbocycles. The highest BCUT2D eigenvalue weighted by Crippen LogP contribution is 2.40. The summed E-state index contributed by atoms with van der Waals surface area (Å²) < 4.78 is 6.00. The Balaban J connectivity index is 0.00000199. The fourth-order valence-electron chi connectivity index (χ4n) is 4.82. The highest BCUT2D eigenvalue weighted by Gasteiger charge is 2.24. The lowest BCUT2D eigenvalue weighted by Crippen LogP contribution is -2.33. The van der Waals surface area contributed by atoms with Crippen LogP contribution >= 0.6 is 9.24 Å². The Morgan fingerprint density at radius 2 is 1.71 bits per heavy atom. The Labute approximate surface area is 210 Å². The average molecular weight is 476 g/mol. The van der Waals surface area contributed by atoms with Gasteiger partial charge < -0.3 is 9.64 Å². The third kappa shape index (κ3) is 6.51. The van der Waals surface area contributed by atoms with Gasteiger partial charge in [-0.15, -0.1) is 9.24 Å². The summed E-state index contributed by atoms with van der Waals surface area (Å²) in [5.41, 5.74) is 8.14. The van der Waals surface area contributed by atoms with Gasteiger partial charge in [0, 0.05) is 29.9 Å². The Bertz CT molecular complexity index is 1010. The molecule has 1 saturated heterocycles. The summed E-state index contributed by atoms with van der Waals surface area (Å²) >= 11 is 0. The summed E-state index contributed by atoms with van der Waals surface area (Å²) in [4.78, 5) is 2.43. The molecule has 0 N–H and O–H groups in total. The molecule has 0 radical (unpaired) electrons. The number of aryl methyl sites for hydroxylation is 1. The van der Waals surface area contributed by atoms with Crippen LogP contribution in [0.4, 0.5) is 0 Å². The molecule has 1 fully saturated rings. The van der Waals surface area contributed by atoms with E-state index in [0.717, 1.165) is 59.1 Å². The molecular weight excluding hydrogens is 433 g/mol. The first-order chi connectivity index (χ1) is 16.5. The largest absolute Gasteiger partial charge is 0.495 e. The zero-order chi connectivity index (χ0) is 25.1. The number of rotatable bonds is 8. The monoisotopic (exact) mass is 475 g/mol. The SMILES string of the molecule is C=CC(=C\C)/C(=C/C)c1c(C)ccc(C(=C)N2CCC(Cc3ccccc3)CC2)c1OC.CP. The lowest BCUT2D eigenvalue weighted by molar-refractivity contribution is 0.254. The minimum atomic E-state index is 0.733. The number of nitrogens with zero attached hydrogens (tertiary/aromatic N) is 1. The molecule has 0 spiro atoms. The van der Waals surface area contributed by atoms with Gasteiger partial charge in [0.25, 0.3) is 0 Å². The van der Waals surface area contributed by atoms with Gasteiger partial charge in [0.2, 0.25) is 0 Å². The molecule has 2 aromatic rings. The van der Waals surface area contributed by atoms with Crippen molar-refractivity contribution in [1.29, 1.82) is 0 Å². The van der Waals surface area contributed by atoms with E-state index in [-0.39, 0.29) is 0 Å². The van der Waals surface area contributed by atoms with Crippen molar-refractivity contribution in [2.24, 2.45) is 5.92 Å². The van der Waals surface area contributed by atoms with Crippen LogP contribution < -0.4 is 4.74 Å². The zero-order valence-electron chi connectivity index (χ0n) is 21.7. The number of hydrogen-bond donors (Lipinski definition) is 0. The summed E-state index contributed by atoms with van der Waals surface area (Å²) in [6.45, 7) is 18.7. The average Bonchev–Trinajstić information content (AvgIpc) is 2.89. The van der Waals surface area contributed by atoms with E-state index in [2.05, 4.69) is 95.8 Å². The molecule has 0 saturated carbocycles. The Morgan fingerprint density at radius 1 is 1.06 bits per heavy atom. The van der Waals surface area contributed by atoms with Crippen LogP contribution in [0.5, 0.6) is 5.75 Å². The molecule has 1 atom stereocenters. The summed E-state index contributed by atoms with van der Waals surface area (Å²) in [6.07, 6.45) is 9.69. The van der Waals surface area contributed by atoms with Crippen LogP contribution in [-0.4, -0.2) is 31.8 Å². The van der Waals surface area contributed by atoms with E-state index in [0.29, 0.717) is 0 Å². The van der Waals surface area contributed by atoms with Crippen molar-refractivity contribution in [3.8, 4) is 5.75 Å². The van der Waals surface area contributed by atoms with Gasteiger partial charge in [-0.2, -0.15) is 0 Å². The Hall–Kier alpha value is -2.57. The van der Waals surface area contributed by atoms with Crippen LogP contribution in [0.3, 0.4) is 0 Å². The van der Waals surface area contributed by atoms with Crippen molar-refractivity contribution < 1.29 is 4.74 Å². The maximum atomic E-state index is 6.00. The van der Waals surface area contributed by atoms with Crippen LogP contribution in [0.25, 0.3) is 11.3 Å². The molecule has 0 bridgehead atoms. The number of allylic oxidation sites excluding steroid dienone is 5. The lowest BCUT2D eigenvalue weighted by atomic mass is 9.88. The molecule has 34 heavy (non-hydrogen) atoms. The molecule has 182 valence electrons. The number of benzene rings is 2. The van der Waals surface area contributed by atoms with Crippen LogP contribution in [0.1, 0.15) is 48.9 Å². The maximum Gasteiger partial charge on any atom is 0.136 e. The van der Waals surface area contributed by atoms with Crippen molar-refractivity contribution in [2.45, 2.75) is 40.0 Å². The molecule has 2 nitrogen and oxygen atoms in total. The molecular formula is C31H42NOP. The zero-order valence-corrected chi connectivity index (χ0v) is 22.9. The number of piperidine rings is 1. The maximum absolute atomic E-state index is 6.00. The second kappa shape index (κ2) is 14.0. The smallest absolute Gasteiger partial charge is 0.136 e. The van der Waals surface area contributed by atoms with E-state index >= 15 is 0 Å². The number of ether oxygens (including phenoxy) is 1. The van der Waals surface area contributed by atoms with E-state index in [1.54, 1.807) is 7.11 Å². The lowest BCUT2D eigenvalue weighted by Gasteiger charge is -2.35. The van der Waals surface area contributed by atoms with E-state index in [4.69, 9.17) is 4.74 Å². The minimum Gasteiger partial charge on any atom is -0.495 e. The normalized spacial score (nSPS) is 14.8. The summed E-state index contributed by atoms with van der Waals surface area (Å²) in [5.74, 6) is 1.63. The molecule has 3 heteroatoms. The third-order valence-electron chi connectivity index (χ3n) is 6.64. The molecule has 1 unspecified atom stereocenters. The van der Waals surface area contributed by atoms with E-state index in [9.17, 15) is 0 Å². The second-order valence-corrected chi connectivity index (χ2v) is 8.56. The fourth-order valence-corrected chi connectivity index (χ4v) is 4.82. The molecule has 0 aromatic heterocycles. The Kier molecular flexibility index (Phi) is 11.4. The molecule has 1 heterocycles. The number of hydrogen-bond acceptors (Lipinski definition) is 2. The second-order valence-electron chi connectivity index (χ2n) is 8.56. The van der Waals surface area contributed by atoms with Gasteiger partial charge in [0.1, 0.15) is 5.75 Å². The van der Waals surface area contributed by atoms with Crippen LogP contribution in [0.2, 0.25) is 0 Å². The highest BCUT2D eigenvalue weighted by atomic mass is 31.0. The molecule has 0 aliphatic carbocycles. The van der Waals surface area contributed by atoms with Gasteiger partial charge in [-0.05, 0) is 74.3 Å². The van der Waals surface area contributed by atoms with Crippen LogP contribution in [-0.2, 0) is 6.42 Å². The standard InChI is InChI=1S/C30H37NO.CH5P/c1-7-26(8-2)27(9-3)29-22(4)15-16-28(30(29)32-6)23(5)31-19-17-25(18-20-31)21-24-13-11-10-12-14-24;1-2/h7-16,25H,1,5,17-21H2,2-4,6H3;2H2,1H3/b26-8+,27-9-;. The van der Waals surface area contributed by atoms with Crippen molar-refractivity contribution >= 4 is 20.5 Å². The fraction of sp³-hybridized carbons (Fsp3) is 0.355. The van der Waals surface area contributed by atoms with E-state index < -0.39 is 0 Å². The van der Waals surface area contributed by atoms with Gasteiger partial charge >= 0.3 is 0 Å². The van der Waals surface area contributed by atoms with E-state index in [1.165, 1.54) is 24.0 Å². The van der Waals surface area contributed by atoms with E-state index in [1.807, 2.05) is 19.7 Å². The topological polar surface area (TPSA) is 12.5 Å². The predicted octanol–water partition coefficient (Wildman–Crippen LogP) is 7.96. The van der Waals surface area contributed by atoms with Gasteiger partial charge in [-0.1, -0.05) is 74.4 Å². The summed E-state index contributed by atoms with van der Waals surface area (Å²) in [7, 11) is 4.18. The quantitative estimate of drug-likeness (QED) is 0.284. The van der Waals surface area contributed by atoms with Gasteiger partial charge in [-0.25, -0.2) is 0 Å². The predicted molar refractivity (Wildman–Crippen MR) is 154 cm³/mol. The summed E-state index contributed by atoms with van der Waals surface area (Å²) in [6, 6.07) is 15.2. The molecule has 0 amide bonds. The minimum absolute atomic E-state index is 0.733. The van der Waals surface area contributed by atoms with Crippen LogP contribution in [0, 0.1) is 12.8 Å². The first-order valence-electron chi connectivity index (χ1n) is 12.2. The molecule has 3 rings (SSSR count). The van der Waals surface area contributed by atoms with Crippen LogP contribution in [0.15, 0.2) is 79.4 Å². The first-order valence-corrected chi connectivity index (χ1v) is 13.4. The van der Waals surface area contributed by atoms with Crippen molar-refractivity contribution in [2.75, 3.05) is 26.9 Å². The highest BCUT2D eigenvalue weighted by molar-refractivity contribution is 7.15. The number of methoxy groups -OCH3 is 1. The summed E-state index contributed by atoms with van der Waals surface area (Å²) in [5, 5.41) is 0. The molecule has 1 aliphatic rings. The first kappa shape index (κ1) is 27.7. The molecule has 1 aliphatic heterocycles.